The lowest BCUT2D eigenvalue weighted by atomic mass is 10.0. The number of carbonyl (C=O) groups is 1. The van der Waals surface area contributed by atoms with Crippen molar-refractivity contribution in [1.82, 2.24) is 0 Å². The second kappa shape index (κ2) is 4.65. The van der Waals surface area contributed by atoms with Crippen LogP contribution in [-0.2, 0) is 6.18 Å². The summed E-state index contributed by atoms with van der Waals surface area (Å²) in [5, 5.41) is 0. The molecule has 0 fully saturated rings. The van der Waals surface area contributed by atoms with Crippen LogP contribution < -0.4 is 10.5 Å². The van der Waals surface area contributed by atoms with Gasteiger partial charge in [-0.25, -0.2) is 0 Å². The van der Waals surface area contributed by atoms with Crippen LogP contribution in [-0.4, -0.2) is 12.4 Å². The summed E-state index contributed by atoms with van der Waals surface area (Å²) in [4.78, 5) is 11.3. The molecule has 0 amide bonds. The van der Waals surface area contributed by atoms with E-state index in [1.54, 1.807) is 6.92 Å². The van der Waals surface area contributed by atoms with E-state index < -0.39 is 17.5 Å². The number of hydrogen-bond acceptors (Lipinski definition) is 3. The Bertz CT molecular complexity index is 441. The zero-order valence-electron chi connectivity index (χ0n) is 9.39. The zero-order chi connectivity index (χ0) is 13.2. The number of ether oxygens (including phenoxy) is 1. The SMILES string of the molecule is CCOc1cc(C(F)(F)F)cc(N)c1C(C)=O. The van der Waals surface area contributed by atoms with Crippen LogP contribution in [0, 0.1) is 0 Å². The van der Waals surface area contributed by atoms with E-state index in [-0.39, 0.29) is 23.6 Å². The predicted molar refractivity (Wildman–Crippen MR) is 57.0 cm³/mol. The van der Waals surface area contributed by atoms with Crippen LogP contribution in [0.2, 0.25) is 0 Å². The van der Waals surface area contributed by atoms with Crippen molar-refractivity contribution in [2.75, 3.05) is 12.3 Å². The van der Waals surface area contributed by atoms with Crippen LogP contribution in [0.15, 0.2) is 12.1 Å². The third-order valence-electron chi connectivity index (χ3n) is 2.11. The van der Waals surface area contributed by atoms with Gasteiger partial charge in [0.15, 0.2) is 5.78 Å². The molecule has 0 bridgehead atoms. The van der Waals surface area contributed by atoms with E-state index in [1.165, 1.54) is 6.92 Å². The second-order valence-corrected chi connectivity index (χ2v) is 3.43. The first-order valence-corrected chi connectivity index (χ1v) is 4.91. The minimum Gasteiger partial charge on any atom is -0.493 e. The number of nitrogen functional groups attached to an aromatic ring is 1. The standard InChI is InChI=1S/C11H12F3NO2/c1-3-17-9-5-7(11(12,13)14)4-8(15)10(9)6(2)16/h4-5H,3,15H2,1-2H3. The monoisotopic (exact) mass is 247 g/mol. The van der Waals surface area contributed by atoms with Crippen molar-refractivity contribution >= 4 is 11.5 Å². The van der Waals surface area contributed by atoms with E-state index in [9.17, 15) is 18.0 Å². The van der Waals surface area contributed by atoms with E-state index in [4.69, 9.17) is 10.5 Å². The van der Waals surface area contributed by atoms with Gasteiger partial charge in [-0.2, -0.15) is 13.2 Å². The number of benzene rings is 1. The Morgan fingerprint density at radius 3 is 2.41 bits per heavy atom. The number of nitrogens with two attached hydrogens (primary N) is 1. The predicted octanol–water partition coefficient (Wildman–Crippen LogP) is 2.89. The van der Waals surface area contributed by atoms with Gasteiger partial charge in [0.2, 0.25) is 0 Å². The average molecular weight is 247 g/mol. The topological polar surface area (TPSA) is 52.3 Å². The van der Waals surface area contributed by atoms with Gasteiger partial charge in [0, 0.05) is 5.69 Å². The molecule has 0 spiro atoms. The summed E-state index contributed by atoms with van der Waals surface area (Å²) in [6.45, 7) is 2.99. The molecular weight excluding hydrogens is 235 g/mol. The average Bonchev–Trinajstić information content (AvgIpc) is 2.15. The van der Waals surface area contributed by atoms with Crippen LogP contribution in [0.25, 0.3) is 0 Å². The molecule has 0 aliphatic heterocycles. The van der Waals surface area contributed by atoms with Gasteiger partial charge in [-0.05, 0) is 26.0 Å². The summed E-state index contributed by atoms with van der Waals surface area (Å²) in [6, 6.07) is 1.52. The van der Waals surface area contributed by atoms with Crippen molar-refractivity contribution in [3.63, 3.8) is 0 Å². The molecule has 1 aromatic carbocycles. The van der Waals surface area contributed by atoms with E-state index >= 15 is 0 Å². The fourth-order valence-electron chi connectivity index (χ4n) is 1.45. The van der Waals surface area contributed by atoms with Crippen molar-refractivity contribution < 1.29 is 22.7 Å². The van der Waals surface area contributed by atoms with E-state index in [0.717, 1.165) is 12.1 Å². The fourth-order valence-corrected chi connectivity index (χ4v) is 1.45. The summed E-state index contributed by atoms with van der Waals surface area (Å²) in [6.07, 6.45) is -4.52. The molecule has 1 rings (SSSR count). The molecule has 0 saturated heterocycles. The van der Waals surface area contributed by atoms with Gasteiger partial charge in [-0.1, -0.05) is 0 Å². The lowest BCUT2D eigenvalue weighted by Crippen LogP contribution is -2.11. The molecule has 0 aliphatic carbocycles. The third-order valence-corrected chi connectivity index (χ3v) is 2.11. The molecule has 0 aliphatic rings. The maximum Gasteiger partial charge on any atom is 0.416 e. The van der Waals surface area contributed by atoms with Crippen molar-refractivity contribution in [1.29, 1.82) is 0 Å². The zero-order valence-corrected chi connectivity index (χ0v) is 9.39. The molecule has 0 heterocycles. The lowest BCUT2D eigenvalue weighted by Gasteiger charge is -2.14. The Kier molecular flexibility index (Phi) is 3.65. The molecule has 6 heteroatoms. The maximum absolute atomic E-state index is 12.5. The van der Waals surface area contributed by atoms with Crippen molar-refractivity contribution in [2.45, 2.75) is 20.0 Å². The first-order valence-electron chi connectivity index (χ1n) is 4.91. The molecule has 0 saturated carbocycles. The summed E-state index contributed by atoms with van der Waals surface area (Å²) in [5.41, 5.74) is 4.28. The van der Waals surface area contributed by atoms with E-state index in [1.807, 2.05) is 0 Å². The van der Waals surface area contributed by atoms with Gasteiger partial charge < -0.3 is 10.5 Å². The highest BCUT2D eigenvalue weighted by Crippen LogP contribution is 2.36. The molecule has 1 aromatic rings. The van der Waals surface area contributed by atoms with Crippen LogP contribution in [0.5, 0.6) is 5.75 Å². The highest BCUT2D eigenvalue weighted by molar-refractivity contribution is 6.02. The number of anilines is 1. The van der Waals surface area contributed by atoms with E-state index in [0.29, 0.717) is 0 Å². The minimum atomic E-state index is -4.52. The molecule has 0 aromatic heterocycles. The maximum atomic E-state index is 12.5. The molecule has 3 nitrogen and oxygen atoms in total. The highest BCUT2D eigenvalue weighted by Gasteiger charge is 2.32. The lowest BCUT2D eigenvalue weighted by molar-refractivity contribution is -0.137. The number of ketones is 1. The van der Waals surface area contributed by atoms with Crippen molar-refractivity contribution in [3.8, 4) is 5.75 Å². The molecule has 0 radical (unpaired) electrons. The first kappa shape index (κ1) is 13.3. The Morgan fingerprint density at radius 1 is 1.41 bits per heavy atom. The van der Waals surface area contributed by atoms with Gasteiger partial charge >= 0.3 is 6.18 Å². The molecular formula is C11H12F3NO2. The minimum absolute atomic E-state index is 0.0140. The summed E-state index contributed by atoms with van der Waals surface area (Å²) >= 11 is 0. The number of halogens is 3. The first-order chi connectivity index (χ1) is 7.77. The van der Waals surface area contributed by atoms with Crippen LogP contribution in [0.1, 0.15) is 29.8 Å². The fraction of sp³-hybridized carbons (Fsp3) is 0.364. The van der Waals surface area contributed by atoms with Crippen molar-refractivity contribution in [3.05, 3.63) is 23.3 Å². The summed E-state index contributed by atoms with van der Waals surface area (Å²) in [7, 11) is 0. The number of alkyl halides is 3. The van der Waals surface area contributed by atoms with Gasteiger partial charge in [-0.3, -0.25) is 4.79 Å². The van der Waals surface area contributed by atoms with E-state index in [2.05, 4.69) is 0 Å². The Labute approximate surface area is 96.4 Å². The smallest absolute Gasteiger partial charge is 0.416 e. The Hall–Kier alpha value is -1.72. The molecule has 2 N–H and O–H groups in total. The van der Waals surface area contributed by atoms with Gasteiger partial charge in [0.1, 0.15) is 5.75 Å². The molecule has 17 heavy (non-hydrogen) atoms. The number of carbonyl (C=O) groups excluding carboxylic acids is 1. The van der Waals surface area contributed by atoms with Crippen LogP contribution in [0.4, 0.5) is 18.9 Å². The van der Waals surface area contributed by atoms with Gasteiger partial charge in [-0.15, -0.1) is 0 Å². The Morgan fingerprint density at radius 2 is 2.00 bits per heavy atom. The normalized spacial score (nSPS) is 11.4. The summed E-state index contributed by atoms with van der Waals surface area (Å²) in [5.74, 6) is -0.563. The second-order valence-electron chi connectivity index (χ2n) is 3.43. The highest BCUT2D eigenvalue weighted by atomic mass is 19.4. The molecule has 0 unspecified atom stereocenters. The molecule has 94 valence electrons. The number of rotatable bonds is 3. The van der Waals surface area contributed by atoms with Crippen LogP contribution >= 0.6 is 0 Å². The quantitative estimate of drug-likeness (QED) is 0.660. The third kappa shape index (κ3) is 2.89. The largest absolute Gasteiger partial charge is 0.493 e. The Balaban J connectivity index is 3.41. The summed E-state index contributed by atoms with van der Waals surface area (Å²) < 4.78 is 42.6. The van der Waals surface area contributed by atoms with Crippen LogP contribution in [0.3, 0.4) is 0 Å². The van der Waals surface area contributed by atoms with Crippen molar-refractivity contribution in [2.24, 2.45) is 0 Å². The molecule has 0 atom stereocenters. The number of Topliss-reactive ketones (excluding diaryl/α,β-unsaturated/α-hetero) is 1. The number of hydrogen-bond donors (Lipinski definition) is 1. The van der Waals surface area contributed by atoms with Gasteiger partial charge in [0.25, 0.3) is 0 Å². The van der Waals surface area contributed by atoms with Gasteiger partial charge in [0.05, 0.1) is 17.7 Å².